The van der Waals surface area contributed by atoms with Crippen LogP contribution >= 0.6 is 11.8 Å². The van der Waals surface area contributed by atoms with Crippen molar-refractivity contribution < 1.29 is 18.0 Å². The molecule has 0 spiro atoms. The normalized spacial score (nSPS) is 12.2. The van der Waals surface area contributed by atoms with Crippen molar-refractivity contribution >= 4 is 23.1 Å². The molecule has 4 nitrogen and oxygen atoms in total. The van der Waals surface area contributed by atoms with Gasteiger partial charge in [0.1, 0.15) is 0 Å². The Labute approximate surface area is 147 Å². The number of carbonyl (C=O) groups is 1. The number of hydrogen-bond donors (Lipinski definition) is 0. The summed E-state index contributed by atoms with van der Waals surface area (Å²) < 4.78 is 38.7. The third-order valence-corrected chi connectivity index (χ3v) is 3.74. The van der Waals surface area contributed by atoms with Crippen molar-refractivity contribution in [1.29, 1.82) is 0 Å². The highest BCUT2D eigenvalue weighted by atomic mass is 32.2. The molecule has 1 aromatic heterocycles. The minimum atomic E-state index is -4.51. The number of rotatable bonds is 5. The van der Waals surface area contributed by atoms with Crippen LogP contribution in [-0.4, -0.2) is 41.0 Å². The van der Waals surface area contributed by atoms with E-state index in [9.17, 15) is 18.0 Å². The summed E-state index contributed by atoms with van der Waals surface area (Å²) in [6.07, 6.45) is 0.331. The first-order chi connectivity index (χ1) is 11.7. The van der Waals surface area contributed by atoms with Crippen molar-refractivity contribution in [2.24, 2.45) is 0 Å². The number of allylic oxidation sites excluding steroid dienone is 1. The van der Waals surface area contributed by atoms with E-state index in [2.05, 4.69) is 9.97 Å². The van der Waals surface area contributed by atoms with Gasteiger partial charge in [0.05, 0.1) is 16.8 Å². The second kappa shape index (κ2) is 7.69. The molecule has 0 aliphatic rings. The van der Waals surface area contributed by atoms with Gasteiger partial charge in [-0.05, 0) is 24.5 Å². The zero-order valence-electron chi connectivity index (χ0n) is 13.8. The lowest BCUT2D eigenvalue weighted by Gasteiger charge is -2.13. The zero-order valence-corrected chi connectivity index (χ0v) is 14.6. The topological polar surface area (TPSA) is 46.1 Å². The maximum absolute atomic E-state index is 12.9. The van der Waals surface area contributed by atoms with Gasteiger partial charge in [-0.25, -0.2) is 9.97 Å². The number of Topliss-reactive ketones (excluding diaryl/α,β-unsaturated/α-hetero) is 1. The third kappa shape index (κ3) is 4.82. The van der Waals surface area contributed by atoms with E-state index in [0.717, 1.165) is 12.1 Å². The van der Waals surface area contributed by atoms with E-state index in [1.165, 1.54) is 36.3 Å². The van der Waals surface area contributed by atoms with Gasteiger partial charge in [0.25, 0.3) is 0 Å². The number of aromatic nitrogens is 2. The van der Waals surface area contributed by atoms with Gasteiger partial charge >= 0.3 is 6.18 Å². The van der Waals surface area contributed by atoms with E-state index in [1.54, 1.807) is 31.3 Å². The van der Waals surface area contributed by atoms with Crippen molar-refractivity contribution in [2.75, 3.05) is 20.4 Å². The number of halogens is 3. The van der Waals surface area contributed by atoms with Gasteiger partial charge in [-0.15, -0.1) is 0 Å². The lowest BCUT2D eigenvalue weighted by atomic mass is 9.99. The van der Waals surface area contributed by atoms with Crippen molar-refractivity contribution in [1.82, 2.24) is 14.9 Å². The molecule has 1 heterocycles. The van der Waals surface area contributed by atoms with Gasteiger partial charge in [0, 0.05) is 32.1 Å². The summed E-state index contributed by atoms with van der Waals surface area (Å²) in [4.78, 5) is 22.8. The van der Waals surface area contributed by atoms with Crippen molar-refractivity contribution in [2.45, 2.75) is 11.3 Å². The van der Waals surface area contributed by atoms with Crippen LogP contribution in [0.15, 0.2) is 47.9 Å². The lowest BCUT2D eigenvalue weighted by molar-refractivity contribution is -0.137. The van der Waals surface area contributed by atoms with E-state index in [0.29, 0.717) is 10.9 Å². The van der Waals surface area contributed by atoms with Crippen LogP contribution in [0.3, 0.4) is 0 Å². The van der Waals surface area contributed by atoms with Crippen molar-refractivity contribution in [3.63, 3.8) is 0 Å². The van der Waals surface area contributed by atoms with E-state index < -0.39 is 17.5 Å². The van der Waals surface area contributed by atoms with Gasteiger partial charge in [0.2, 0.25) is 0 Å². The number of nitrogens with zero attached hydrogens (tertiary/aromatic N) is 3. The van der Waals surface area contributed by atoms with E-state index >= 15 is 0 Å². The molecule has 2 rings (SSSR count). The first-order valence-electron chi connectivity index (χ1n) is 7.20. The van der Waals surface area contributed by atoms with Crippen LogP contribution in [0.2, 0.25) is 0 Å². The van der Waals surface area contributed by atoms with E-state index in [-0.39, 0.29) is 11.1 Å². The number of carbonyl (C=O) groups excluding carboxylic acids is 1. The Morgan fingerprint density at radius 3 is 2.56 bits per heavy atom. The van der Waals surface area contributed by atoms with Gasteiger partial charge in [-0.3, -0.25) is 4.79 Å². The van der Waals surface area contributed by atoms with E-state index in [1.807, 2.05) is 0 Å². The average Bonchev–Trinajstić information content (AvgIpc) is 2.58. The van der Waals surface area contributed by atoms with Crippen LogP contribution in [0, 0.1) is 0 Å². The first-order valence-corrected chi connectivity index (χ1v) is 8.42. The molecule has 0 atom stereocenters. The molecular formula is C17H16F3N3OS. The molecule has 2 aromatic rings. The molecule has 132 valence electrons. The van der Waals surface area contributed by atoms with Crippen molar-refractivity contribution in [3.8, 4) is 0 Å². The summed E-state index contributed by atoms with van der Waals surface area (Å²) in [5.41, 5.74) is -0.361. The SMILES string of the molecule is CSc1nccc(C(=CN(C)C)C(=O)c2cccc(C(F)(F)F)c2)n1. The molecule has 0 radical (unpaired) electrons. The fourth-order valence-electron chi connectivity index (χ4n) is 2.08. The predicted molar refractivity (Wildman–Crippen MR) is 91.3 cm³/mol. The first kappa shape index (κ1) is 19.0. The summed E-state index contributed by atoms with van der Waals surface area (Å²) in [5.74, 6) is -0.537. The van der Waals surface area contributed by atoms with Crippen LogP contribution in [0.4, 0.5) is 13.2 Å². The van der Waals surface area contributed by atoms with E-state index in [4.69, 9.17) is 0 Å². The highest BCUT2D eigenvalue weighted by Gasteiger charge is 2.31. The Bertz CT molecular complexity index is 804. The number of ketones is 1. The minimum Gasteiger partial charge on any atom is -0.383 e. The molecular weight excluding hydrogens is 351 g/mol. The highest BCUT2D eigenvalue weighted by Crippen LogP contribution is 2.30. The minimum absolute atomic E-state index is 0.0489. The summed E-state index contributed by atoms with van der Waals surface area (Å²) in [5, 5.41) is 0.471. The molecule has 0 bridgehead atoms. The standard InChI is InChI=1S/C17H16F3N3OS/c1-23(2)10-13(14-7-8-21-16(22-14)25-3)15(24)11-5-4-6-12(9-11)17(18,19)20/h4-10H,1-3H3. The Morgan fingerprint density at radius 2 is 1.96 bits per heavy atom. The molecule has 8 heteroatoms. The molecule has 0 N–H and O–H groups in total. The van der Waals surface area contributed by atoms with Gasteiger partial charge in [-0.2, -0.15) is 13.2 Å². The second-order valence-electron chi connectivity index (χ2n) is 5.34. The fourth-order valence-corrected chi connectivity index (χ4v) is 2.44. The van der Waals surface area contributed by atoms with Crippen LogP contribution in [0.5, 0.6) is 0 Å². The Hall–Kier alpha value is -2.35. The van der Waals surface area contributed by atoms with Crippen LogP contribution in [-0.2, 0) is 6.18 Å². The van der Waals surface area contributed by atoms with Gasteiger partial charge < -0.3 is 4.90 Å². The third-order valence-electron chi connectivity index (χ3n) is 3.18. The maximum atomic E-state index is 12.9. The summed E-state index contributed by atoms with van der Waals surface area (Å²) in [6.45, 7) is 0. The number of alkyl halides is 3. The Balaban J connectivity index is 2.50. The quantitative estimate of drug-likeness (QED) is 0.346. The molecule has 0 saturated carbocycles. The fraction of sp³-hybridized carbons (Fsp3) is 0.235. The molecule has 0 amide bonds. The monoisotopic (exact) mass is 367 g/mol. The number of hydrogen-bond acceptors (Lipinski definition) is 5. The lowest BCUT2D eigenvalue weighted by Crippen LogP contribution is -2.12. The number of thioether (sulfide) groups is 1. The molecule has 0 aliphatic carbocycles. The Kier molecular flexibility index (Phi) is 5.84. The zero-order chi connectivity index (χ0) is 18.6. The molecule has 0 unspecified atom stereocenters. The molecule has 0 saturated heterocycles. The number of benzene rings is 1. The molecule has 25 heavy (non-hydrogen) atoms. The molecule has 0 fully saturated rings. The highest BCUT2D eigenvalue weighted by molar-refractivity contribution is 7.98. The van der Waals surface area contributed by atoms with Crippen LogP contribution in [0.25, 0.3) is 5.57 Å². The van der Waals surface area contributed by atoms with Crippen LogP contribution < -0.4 is 0 Å². The summed E-state index contributed by atoms with van der Waals surface area (Å²) >= 11 is 1.31. The predicted octanol–water partition coefficient (Wildman–Crippen LogP) is 4.00. The second-order valence-corrected chi connectivity index (χ2v) is 6.12. The summed E-state index contributed by atoms with van der Waals surface area (Å²) in [6, 6.07) is 5.92. The Morgan fingerprint density at radius 1 is 1.24 bits per heavy atom. The summed E-state index contributed by atoms with van der Waals surface area (Å²) in [7, 11) is 3.44. The van der Waals surface area contributed by atoms with Crippen LogP contribution in [0.1, 0.15) is 21.6 Å². The maximum Gasteiger partial charge on any atom is 0.416 e. The molecule has 1 aromatic carbocycles. The smallest absolute Gasteiger partial charge is 0.383 e. The largest absolute Gasteiger partial charge is 0.416 e. The van der Waals surface area contributed by atoms with Crippen molar-refractivity contribution in [3.05, 3.63) is 59.5 Å². The average molecular weight is 367 g/mol. The molecule has 0 aliphatic heterocycles. The van der Waals surface area contributed by atoms with Gasteiger partial charge in [0.15, 0.2) is 10.9 Å². The van der Waals surface area contributed by atoms with Gasteiger partial charge in [-0.1, -0.05) is 23.9 Å².